The molecule has 2 N–H and O–H groups in total. The molecule has 2 atom stereocenters. The lowest BCUT2D eigenvalue weighted by molar-refractivity contribution is 0.315. The highest BCUT2D eigenvalue weighted by molar-refractivity contribution is 5.80. The van der Waals surface area contributed by atoms with Gasteiger partial charge in [-0.05, 0) is 32.1 Å². The number of rotatable bonds is 4. The Bertz CT molecular complexity index is 511. The fourth-order valence-corrected chi connectivity index (χ4v) is 3.76. The highest BCUT2D eigenvalue weighted by Gasteiger charge is 2.43. The van der Waals surface area contributed by atoms with Gasteiger partial charge in [0.2, 0.25) is 0 Å². The van der Waals surface area contributed by atoms with Gasteiger partial charge in [-0.1, -0.05) is 37.3 Å². The van der Waals surface area contributed by atoms with Gasteiger partial charge in [-0.25, -0.2) is 0 Å². The van der Waals surface area contributed by atoms with Crippen LogP contribution in [-0.2, 0) is 6.54 Å². The van der Waals surface area contributed by atoms with Crippen molar-refractivity contribution in [3.05, 3.63) is 17.0 Å². The number of hydrogen-bond donors (Lipinski definition) is 2. The van der Waals surface area contributed by atoms with E-state index in [0.29, 0.717) is 12.6 Å². The number of aliphatic imine (C=N–C) groups is 1. The highest BCUT2D eigenvalue weighted by atomic mass is 16.5. The van der Waals surface area contributed by atoms with Crippen LogP contribution in [0.25, 0.3) is 0 Å². The molecule has 0 spiro atoms. The molecule has 2 aliphatic carbocycles. The summed E-state index contributed by atoms with van der Waals surface area (Å²) < 4.78 is 5.20. The summed E-state index contributed by atoms with van der Waals surface area (Å²) in [5, 5.41) is 11.0. The van der Waals surface area contributed by atoms with Crippen LogP contribution in [0.15, 0.2) is 9.52 Å². The zero-order valence-electron chi connectivity index (χ0n) is 14.0. The van der Waals surface area contributed by atoms with Crippen LogP contribution < -0.4 is 10.6 Å². The van der Waals surface area contributed by atoms with E-state index in [2.05, 4.69) is 20.8 Å². The molecule has 0 bridgehead atoms. The van der Waals surface area contributed by atoms with Crippen molar-refractivity contribution in [2.75, 3.05) is 7.05 Å². The highest BCUT2D eigenvalue weighted by Crippen LogP contribution is 2.44. The third kappa shape index (κ3) is 3.45. The maximum absolute atomic E-state index is 5.20. The summed E-state index contributed by atoms with van der Waals surface area (Å²) >= 11 is 0. The molecule has 2 saturated carbocycles. The molecular weight excluding hydrogens is 276 g/mol. The molecule has 2 aliphatic rings. The largest absolute Gasteiger partial charge is 0.361 e. The first-order valence-electron chi connectivity index (χ1n) is 8.58. The lowest BCUT2D eigenvalue weighted by Gasteiger charge is -2.22. The van der Waals surface area contributed by atoms with Crippen LogP contribution in [0.4, 0.5) is 0 Å². The second-order valence-corrected chi connectivity index (χ2v) is 6.78. The molecule has 22 heavy (non-hydrogen) atoms. The van der Waals surface area contributed by atoms with Crippen LogP contribution >= 0.6 is 0 Å². The van der Waals surface area contributed by atoms with E-state index in [4.69, 9.17) is 4.52 Å². The van der Waals surface area contributed by atoms with Crippen LogP contribution in [0.2, 0.25) is 0 Å². The normalized spacial score (nSPS) is 26.0. The first-order valence-corrected chi connectivity index (χ1v) is 8.58. The van der Waals surface area contributed by atoms with Crippen molar-refractivity contribution in [2.45, 2.75) is 65.0 Å². The zero-order chi connectivity index (χ0) is 15.5. The molecule has 0 radical (unpaired) electrons. The number of hydrogen-bond acceptors (Lipinski definition) is 3. The van der Waals surface area contributed by atoms with Gasteiger partial charge in [0.15, 0.2) is 5.96 Å². The minimum absolute atomic E-state index is 0.610. The average Bonchev–Trinajstić information content (AvgIpc) is 3.24. The van der Waals surface area contributed by atoms with Crippen molar-refractivity contribution in [1.29, 1.82) is 0 Å². The van der Waals surface area contributed by atoms with Crippen LogP contribution in [0, 0.1) is 25.7 Å². The van der Waals surface area contributed by atoms with Gasteiger partial charge in [0, 0.05) is 25.2 Å². The van der Waals surface area contributed by atoms with E-state index >= 15 is 0 Å². The Morgan fingerprint density at radius 1 is 1.27 bits per heavy atom. The predicted octanol–water partition coefficient (Wildman–Crippen LogP) is 2.93. The first-order chi connectivity index (χ1) is 10.7. The monoisotopic (exact) mass is 304 g/mol. The zero-order valence-corrected chi connectivity index (χ0v) is 14.0. The molecule has 2 unspecified atom stereocenters. The lowest BCUT2D eigenvalue weighted by atomic mass is 9.85. The van der Waals surface area contributed by atoms with Gasteiger partial charge in [-0.3, -0.25) is 4.99 Å². The number of nitrogens with zero attached hydrogens (tertiary/aromatic N) is 2. The molecule has 3 rings (SSSR count). The van der Waals surface area contributed by atoms with Crippen molar-refractivity contribution < 1.29 is 4.52 Å². The second-order valence-electron chi connectivity index (χ2n) is 6.78. The summed E-state index contributed by atoms with van der Waals surface area (Å²) in [5.41, 5.74) is 2.08. The van der Waals surface area contributed by atoms with E-state index in [-0.39, 0.29) is 0 Å². The number of guanidine groups is 1. The van der Waals surface area contributed by atoms with Crippen LogP contribution in [0.5, 0.6) is 0 Å². The van der Waals surface area contributed by atoms with Gasteiger partial charge in [0.25, 0.3) is 0 Å². The standard InChI is InChI=1S/C17H28N4O/c1-11-15(12(2)22-21-11)10-19-17(18-3)20-16-9-14(16)13-7-5-4-6-8-13/h13-14,16H,4-10H2,1-3H3,(H2,18,19,20). The van der Waals surface area contributed by atoms with E-state index < -0.39 is 0 Å². The minimum atomic E-state index is 0.610. The molecule has 1 heterocycles. The molecule has 1 aromatic heterocycles. The van der Waals surface area contributed by atoms with Crippen LogP contribution in [0.3, 0.4) is 0 Å². The molecule has 0 aromatic carbocycles. The molecule has 5 heteroatoms. The molecular formula is C17H28N4O. The Labute approximate surface area is 132 Å². The van der Waals surface area contributed by atoms with E-state index in [1.54, 1.807) is 0 Å². The molecule has 0 saturated heterocycles. The fraction of sp³-hybridized carbons (Fsp3) is 0.765. The van der Waals surface area contributed by atoms with Gasteiger partial charge >= 0.3 is 0 Å². The van der Waals surface area contributed by atoms with Crippen molar-refractivity contribution in [3.63, 3.8) is 0 Å². The summed E-state index contributed by atoms with van der Waals surface area (Å²) in [6.45, 7) is 4.64. The maximum atomic E-state index is 5.20. The fourth-order valence-electron chi connectivity index (χ4n) is 3.76. The van der Waals surface area contributed by atoms with Crippen LogP contribution in [-0.4, -0.2) is 24.2 Å². The second kappa shape index (κ2) is 6.71. The van der Waals surface area contributed by atoms with Crippen molar-refractivity contribution >= 4 is 5.96 Å². The number of aryl methyl sites for hydroxylation is 2. The van der Waals surface area contributed by atoms with Crippen molar-refractivity contribution in [3.8, 4) is 0 Å². The minimum Gasteiger partial charge on any atom is -0.361 e. The number of nitrogens with one attached hydrogen (secondary N) is 2. The summed E-state index contributed by atoms with van der Waals surface area (Å²) in [4.78, 5) is 4.35. The summed E-state index contributed by atoms with van der Waals surface area (Å²) in [7, 11) is 1.83. The van der Waals surface area contributed by atoms with E-state index in [1.165, 1.54) is 38.5 Å². The Kier molecular flexibility index (Phi) is 4.69. The Morgan fingerprint density at radius 2 is 2.05 bits per heavy atom. The summed E-state index contributed by atoms with van der Waals surface area (Å²) in [6.07, 6.45) is 8.43. The van der Waals surface area contributed by atoms with Crippen molar-refractivity contribution in [2.24, 2.45) is 16.8 Å². The molecule has 0 amide bonds. The molecule has 1 aromatic rings. The molecule has 5 nitrogen and oxygen atoms in total. The lowest BCUT2D eigenvalue weighted by Crippen LogP contribution is -2.39. The molecule has 122 valence electrons. The topological polar surface area (TPSA) is 62.5 Å². The van der Waals surface area contributed by atoms with Gasteiger partial charge in [0.05, 0.1) is 5.69 Å². The summed E-state index contributed by atoms with van der Waals surface area (Å²) in [6, 6.07) is 0.610. The SMILES string of the molecule is CN=C(NCc1c(C)noc1C)NC1CC1C1CCCCC1. The van der Waals surface area contributed by atoms with E-state index in [1.807, 2.05) is 20.9 Å². The Hall–Kier alpha value is -1.52. The molecule has 0 aliphatic heterocycles. The summed E-state index contributed by atoms with van der Waals surface area (Å²) in [5.74, 6) is 3.57. The third-order valence-electron chi connectivity index (χ3n) is 5.25. The quantitative estimate of drug-likeness (QED) is 0.663. The van der Waals surface area contributed by atoms with Gasteiger partial charge in [0.1, 0.15) is 5.76 Å². The van der Waals surface area contributed by atoms with Crippen molar-refractivity contribution in [1.82, 2.24) is 15.8 Å². The van der Waals surface area contributed by atoms with E-state index in [0.717, 1.165) is 34.8 Å². The Balaban J connectivity index is 1.47. The maximum Gasteiger partial charge on any atom is 0.191 e. The Morgan fingerprint density at radius 3 is 2.68 bits per heavy atom. The van der Waals surface area contributed by atoms with Crippen LogP contribution in [0.1, 0.15) is 55.5 Å². The van der Waals surface area contributed by atoms with E-state index in [9.17, 15) is 0 Å². The number of aromatic nitrogens is 1. The van der Waals surface area contributed by atoms with Gasteiger partial charge in [-0.15, -0.1) is 0 Å². The first kappa shape index (κ1) is 15.4. The average molecular weight is 304 g/mol. The predicted molar refractivity (Wildman–Crippen MR) is 87.8 cm³/mol. The molecule has 2 fully saturated rings. The smallest absolute Gasteiger partial charge is 0.191 e. The third-order valence-corrected chi connectivity index (χ3v) is 5.25. The van der Waals surface area contributed by atoms with Gasteiger partial charge < -0.3 is 15.2 Å². The van der Waals surface area contributed by atoms with Gasteiger partial charge in [-0.2, -0.15) is 0 Å².